The molecule has 4 rings (SSSR count). The Bertz CT molecular complexity index is 661. The highest BCUT2D eigenvalue weighted by molar-refractivity contribution is 5.86. The number of carboxylic acid groups (broad SMARTS) is 1. The van der Waals surface area contributed by atoms with Crippen molar-refractivity contribution in [1.29, 1.82) is 0 Å². The van der Waals surface area contributed by atoms with Gasteiger partial charge < -0.3 is 14.6 Å². The second kappa shape index (κ2) is 3.74. The number of benzene rings is 1. The van der Waals surface area contributed by atoms with E-state index in [-0.39, 0.29) is 18.0 Å². The summed E-state index contributed by atoms with van der Waals surface area (Å²) >= 11 is 0. The molecule has 1 saturated carbocycles. The number of hydrogen-bond donors (Lipinski definition) is 1. The maximum Gasteiger partial charge on any atom is 0.313 e. The molecule has 4 atom stereocenters. The van der Waals surface area contributed by atoms with Crippen LogP contribution in [0.3, 0.4) is 0 Å². The van der Waals surface area contributed by atoms with Crippen molar-refractivity contribution in [1.82, 2.24) is 0 Å². The van der Waals surface area contributed by atoms with E-state index in [1.807, 2.05) is 0 Å². The summed E-state index contributed by atoms with van der Waals surface area (Å²) < 4.78 is 38.2. The van der Waals surface area contributed by atoms with Crippen LogP contribution in [0.4, 0.5) is 8.78 Å². The molecule has 2 aliphatic heterocycles. The lowest BCUT2D eigenvalue weighted by atomic mass is 9.75. The molecule has 0 aromatic heterocycles. The van der Waals surface area contributed by atoms with Gasteiger partial charge in [0.1, 0.15) is 5.41 Å². The van der Waals surface area contributed by atoms with Gasteiger partial charge in [0, 0.05) is 11.0 Å². The number of aliphatic carboxylic acids is 1. The van der Waals surface area contributed by atoms with Gasteiger partial charge in [-0.15, -0.1) is 0 Å². The summed E-state index contributed by atoms with van der Waals surface area (Å²) in [5.74, 6) is -3.20. The average Bonchev–Trinajstić information content (AvgIpc) is 2.86. The first-order valence-electron chi connectivity index (χ1n) is 6.90. The molecule has 1 aromatic carbocycles. The summed E-state index contributed by atoms with van der Waals surface area (Å²) in [7, 11) is 1.26. The SMILES string of the molecule is COc1c(C23CC2(C(=O)O)C2CC[C@H]3O2)ccc(F)c1F. The minimum absolute atomic E-state index is 0.200. The van der Waals surface area contributed by atoms with E-state index >= 15 is 0 Å². The molecule has 3 fully saturated rings. The van der Waals surface area contributed by atoms with E-state index in [0.717, 1.165) is 12.5 Å². The van der Waals surface area contributed by atoms with Crippen molar-refractivity contribution in [2.45, 2.75) is 36.9 Å². The molecule has 1 aliphatic carbocycles. The number of halogens is 2. The van der Waals surface area contributed by atoms with E-state index < -0.39 is 28.4 Å². The molecule has 21 heavy (non-hydrogen) atoms. The van der Waals surface area contributed by atoms with Crippen molar-refractivity contribution in [2.75, 3.05) is 7.11 Å². The Morgan fingerprint density at radius 1 is 1.38 bits per heavy atom. The van der Waals surface area contributed by atoms with E-state index in [0.29, 0.717) is 18.4 Å². The summed E-state index contributed by atoms with van der Waals surface area (Å²) in [6, 6.07) is 2.46. The minimum Gasteiger partial charge on any atom is -0.493 e. The first-order valence-corrected chi connectivity index (χ1v) is 6.90. The van der Waals surface area contributed by atoms with E-state index in [1.165, 1.54) is 13.2 Å². The molecule has 2 bridgehead atoms. The van der Waals surface area contributed by atoms with Crippen molar-refractivity contribution in [3.05, 3.63) is 29.3 Å². The van der Waals surface area contributed by atoms with E-state index in [9.17, 15) is 18.7 Å². The third-order valence-electron chi connectivity index (χ3n) is 5.46. The standard InChI is InChI=1S/C15H14F2O4/c1-20-12-7(2-3-8(16)11(12)17)14-6-15(14,13(18)19)10-5-4-9(14)21-10/h2-3,9-10H,4-6H2,1H3,(H,18,19)/t9-,10?,14?,15?/m1/s1. The van der Waals surface area contributed by atoms with Crippen molar-refractivity contribution < 1.29 is 28.2 Å². The van der Waals surface area contributed by atoms with Gasteiger partial charge in [0.2, 0.25) is 5.82 Å². The van der Waals surface area contributed by atoms with Gasteiger partial charge in [0.15, 0.2) is 11.6 Å². The number of methoxy groups -OCH3 is 1. The number of carboxylic acids is 1. The molecular formula is C15H14F2O4. The van der Waals surface area contributed by atoms with Gasteiger partial charge in [0.25, 0.3) is 0 Å². The Morgan fingerprint density at radius 3 is 2.76 bits per heavy atom. The highest BCUT2D eigenvalue weighted by atomic mass is 19.2. The number of ether oxygens (including phenoxy) is 2. The topological polar surface area (TPSA) is 55.8 Å². The Kier molecular flexibility index (Phi) is 2.32. The average molecular weight is 296 g/mol. The zero-order chi connectivity index (χ0) is 15.0. The van der Waals surface area contributed by atoms with Gasteiger partial charge in [-0.2, -0.15) is 4.39 Å². The molecule has 0 spiro atoms. The van der Waals surface area contributed by atoms with E-state index in [4.69, 9.17) is 9.47 Å². The predicted molar refractivity (Wildman–Crippen MR) is 67.2 cm³/mol. The maximum absolute atomic E-state index is 14.0. The van der Waals surface area contributed by atoms with Crippen molar-refractivity contribution in [3.8, 4) is 5.75 Å². The fourth-order valence-electron chi connectivity index (χ4n) is 4.56. The molecule has 2 heterocycles. The van der Waals surface area contributed by atoms with Gasteiger partial charge in [-0.05, 0) is 25.3 Å². The first-order chi connectivity index (χ1) is 9.99. The number of fused-ring (bicyclic) bond motifs is 5. The Balaban J connectivity index is 1.92. The molecule has 3 aliphatic rings. The van der Waals surface area contributed by atoms with Crippen LogP contribution in [-0.4, -0.2) is 30.4 Å². The molecule has 1 N–H and O–H groups in total. The van der Waals surface area contributed by atoms with Crippen LogP contribution in [0.2, 0.25) is 0 Å². The van der Waals surface area contributed by atoms with Crippen LogP contribution in [0.25, 0.3) is 0 Å². The third kappa shape index (κ3) is 1.22. The lowest BCUT2D eigenvalue weighted by molar-refractivity contribution is -0.146. The highest BCUT2D eigenvalue weighted by Gasteiger charge is 2.86. The van der Waals surface area contributed by atoms with Gasteiger partial charge in [0.05, 0.1) is 19.3 Å². The Labute approximate surface area is 119 Å². The van der Waals surface area contributed by atoms with Gasteiger partial charge in [-0.1, -0.05) is 6.07 Å². The third-order valence-corrected chi connectivity index (χ3v) is 5.46. The highest BCUT2D eigenvalue weighted by Crippen LogP contribution is 2.78. The van der Waals surface area contributed by atoms with Gasteiger partial charge in [-0.25, -0.2) is 4.39 Å². The van der Waals surface area contributed by atoms with Crippen LogP contribution in [-0.2, 0) is 14.9 Å². The van der Waals surface area contributed by atoms with Gasteiger partial charge in [-0.3, -0.25) is 4.79 Å². The fourth-order valence-corrected chi connectivity index (χ4v) is 4.56. The molecule has 1 aromatic rings. The maximum atomic E-state index is 14.0. The first kappa shape index (κ1) is 13.0. The largest absolute Gasteiger partial charge is 0.493 e. The molecular weight excluding hydrogens is 282 g/mol. The van der Waals surface area contributed by atoms with Crippen LogP contribution in [0.5, 0.6) is 5.75 Å². The molecule has 6 heteroatoms. The Hall–Kier alpha value is -1.69. The summed E-state index contributed by atoms with van der Waals surface area (Å²) in [4.78, 5) is 11.8. The molecule has 3 unspecified atom stereocenters. The smallest absolute Gasteiger partial charge is 0.313 e. The van der Waals surface area contributed by atoms with E-state index in [1.54, 1.807) is 0 Å². The summed E-state index contributed by atoms with van der Waals surface area (Å²) in [5, 5.41) is 9.66. The normalized spacial score (nSPS) is 39.2. The monoisotopic (exact) mass is 296 g/mol. The zero-order valence-corrected chi connectivity index (χ0v) is 11.4. The number of hydrogen-bond acceptors (Lipinski definition) is 3. The van der Waals surface area contributed by atoms with Crippen LogP contribution < -0.4 is 4.74 Å². The summed E-state index contributed by atoms with van der Waals surface area (Å²) in [5.41, 5.74) is -1.40. The van der Waals surface area contributed by atoms with Crippen molar-refractivity contribution in [3.63, 3.8) is 0 Å². The Morgan fingerprint density at radius 2 is 2.10 bits per heavy atom. The number of rotatable bonds is 3. The summed E-state index contributed by atoms with van der Waals surface area (Å²) in [6.45, 7) is 0. The van der Waals surface area contributed by atoms with Crippen LogP contribution in [0, 0.1) is 17.0 Å². The molecule has 0 radical (unpaired) electrons. The molecule has 2 saturated heterocycles. The minimum atomic E-state index is -1.07. The lowest BCUT2D eigenvalue weighted by Crippen LogP contribution is -2.36. The molecule has 0 amide bonds. The molecule has 4 nitrogen and oxygen atoms in total. The second-order valence-electron chi connectivity index (χ2n) is 6.06. The zero-order valence-electron chi connectivity index (χ0n) is 11.4. The van der Waals surface area contributed by atoms with Gasteiger partial charge >= 0.3 is 5.97 Å². The van der Waals surface area contributed by atoms with Crippen LogP contribution in [0.15, 0.2) is 12.1 Å². The van der Waals surface area contributed by atoms with Crippen LogP contribution in [0.1, 0.15) is 24.8 Å². The lowest BCUT2D eigenvalue weighted by Gasteiger charge is -2.26. The van der Waals surface area contributed by atoms with Crippen molar-refractivity contribution in [2.24, 2.45) is 5.41 Å². The molecule has 112 valence electrons. The van der Waals surface area contributed by atoms with Crippen LogP contribution >= 0.6 is 0 Å². The fraction of sp³-hybridized carbons (Fsp3) is 0.533. The predicted octanol–water partition coefficient (Wildman–Crippen LogP) is 2.25. The quantitative estimate of drug-likeness (QED) is 0.929. The second-order valence-corrected chi connectivity index (χ2v) is 6.06. The van der Waals surface area contributed by atoms with E-state index in [2.05, 4.69) is 0 Å². The van der Waals surface area contributed by atoms with Crippen molar-refractivity contribution >= 4 is 5.97 Å². The summed E-state index contributed by atoms with van der Waals surface area (Å²) in [6.07, 6.45) is 1.22. The number of carbonyl (C=O) groups is 1.